The lowest BCUT2D eigenvalue weighted by atomic mass is 9.95. The SMILES string of the molecule is CC(C)c1nc(CN(C)C(=O)N[C@@H](CCC(=O)N2CCOCC2)C(=O)N[C@H](CC[C@H](Cc2ccccc2)NC(=O)OCc2cncs2)Cc2ccccc2)cs1. The fourth-order valence-corrected chi connectivity index (χ4v) is 7.68. The number of aromatic nitrogens is 2. The van der Waals surface area contributed by atoms with Gasteiger partial charge < -0.3 is 35.2 Å². The Bertz CT molecular complexity index is 1800. The van der Waals surface area contributed by atoms with E-state index in [1.54, 1.807) is 35.0 Å². The van der Waals surface area contributed by atoms with Crippen LogP contribution in [0.1, 0.15) is 72.2 Å². The maximum absolute atomic E-state index is 14.2. The molecule has 13 nitrogen and oxygen atoms in total. The third-order valence-electron chi connectivity index (χ3n) is 9.44. The van der Waals surface area contributed by atoms with E-state index >= 15 is 0 Å². The number of carbonyl (C=O) groups is 4. The Hall–Kier alpha value is -4.86. The molecule has 0 spiro atoms. The van der Waals surface area contributed by atoms with E-state index < -0.39 is 18.2 Å². The second kappa shape index (κ2) is 22.0. The maximum atomic E-state index is 14.2. The van der Waals surface area contributed by atoms with Crippen LogP contribution in [0.5, 0.6) is 0 Å². The highest BCUT2D eigenvalue weighted by molar-refractivity contribution is 7.09. The molecule has 56 heavy (non-hydrogen) atoms. The van der Waals surface area contributed by atoms with Crippen molar-refractivity contribution in [2.75, 3.05) is 33.4 Å². The Morgan fingerprint density at radius 3 is 2.11 bits per heavy atom. The number of benzene rings is 2. The molecule has 4 aromatic rings. The first-order valence-electron chi connectivity index (χ1n) is 19.1. The molecule has 0 aliphatic carbocycles. The zero-order valence-corrected chi connectivity index (χ0v) is 34.0. The zero-order chi connectivity index (χ0) is 39.7. The monoisotopic (exact) mass is 803 g/mol. The summed E-state index contributed by atoms with van der Waals surface area (Å²) >= 11 is 2.97. The number of alkyl carbamates (subject to hydrolysis) is 1. The Labute approximate surface area is 337 Å². The number of hydrogen-bond donors (Lipinski definition) is 3. The zero-order valence-electron chi connectivity index (χ0n) is 32.4. The molecule has 300 valence electrons. The minimum absolute atomic E-state index is 0.0853. The Morgan fingerprint density at radius 1 is 0.875 bits per heavy atom. The summed E-state index contributed by atoms with van der Waals surface area (Å²) in [6.07, 6.45) is 3.49. The van der Waals surface area contributed by atoms with Gasteiger partial charge >= 0.3 is 12.1 Å². The Kier molecular flexibility index (Phi) is 16.6. The van der Waals surface area contributed by atoms with Crippen LogP contribution >= 0.6 is 22.7 Å². The molecule has 3 heterocycles. The molecule has 3 atom stereocenters. The highest BCUT2D eigenvalue weighted by Crippen LogP contribution is 2.20. The number of carbonyl (C=O) groups excluding carboxylic acids is 4. The number of nitrogens with zero attached hydrogens (tertiary/aromatic N) is 4. The average molecular weight is 804 g/mol. The van der Waals surface area contributed by atoms with Crippen LogP contribution in [-0.2, 0) is 45.1 Å². The second-order valence-electron chi connectivity index (χ2n) is 14.3. The number of rotatable bonds is 19. The van der Waals surface area contributed by atoms with E-state index in [1.807, 2.05) is 66.0 Å². The van der Waals surface area contributed by atoms with Gasteiger partial charge in [-0.15, -0.1) is 22.7 Å². The van der Waals surface area contributed by atoms with Gasteiger partial charge in [0.25, 0.3) is 0 Å². The van der Waals surface area contributed by atoms with E-state index in [-0.39, 0.29) is 55.8 Å². The van der Waals surface area contributed by atoms with Crippen LogP contribution in [0.2, 0.25) is 0 Å². The number of ether oxygens (including phenoxy) is 2. The van der Waals surface area contributed by atoms with Crippen LogP contribution in [0, 0.1) is 0 Å². The van der Waals surface area contributed by atoms with Crippen molar-refractivity contribution in [2.45, 2.75) is 89.6 Å². The van der Waals surface area contributed by atoms with Gasteiger partial charge in [0.05, 0.1) is 40.8 Å². The molecule has 0 saturated carbocycles. The number of morpholine rings is 1. The van der Waals surface area contributed by atoms with Gasteiger partial charge in [-0.1, -0.05) is 74.5 Å². The first kappa shape index (κ1) is 42.3. The van der Waals surface area contributed by atoms with Crippen molar-refractivity contribution in [1.82, 2.24) is 35.7 Å². The van der Waals surface area contributed by atoms with Gasteiger partial charge in [-0.2, -0.15) is 0 Å². The molecular formula is C41H53N7O6S2. The Balaban J connectivity index is 1.29. The van der Waals surface area contributed by atoms with Gasteiger partial charge in [0.15, 0.2) is 0 Å². The molecule has 2 aromatic heterocycles. The fraction of sp³-hybridized carbons (Fsp3) is 0.463. The molecule has 5 rings (SSSR count). The molecule has 0 unspecified atom stereocenters. The van der Waals surface area contributed by atoms with Crippen LogP contribution in [0.25, 0.3) is 0 Å². The van der Waals surface area contributed by atoms with E-state index in [0.29, 0.717) is 52.0 Å². The summed E-state index contributed by atoms with van der Waals surface area (Å²) < 4.78 is 10.9. The minimum atomic E-state index is -0.977. The molecule has 2 aromatic carbocycles. The normalized spacial score (nSPS) is 14.4. The summed E-state index contributed by atoms with van der Waals surface area (Å²) in [4.78, 5) is 66.8. The third kappa shape index (κ3) is 14.0. The summed E-state index contributed by atoms with van der Waals surface area (Å²) in [5, 5.41) is 12.1. The van der Waals surface area contributed by atoms with Crippen LogP contribution in [0.3, 0.4) is 0 Å². The average Bonchev–Trinajstić information content (AvgIpc) is 3.91. The van der Waals surface area contributed by atoms with Crippen LogP contribution < -0.4 is 16.0 Å². The topological polar surface area (TPSA) is 155 Å². The van der Waals surface area contributed by atoms with Crippen molar-refractivity contribution in [2.24, 2.45) is 0 Å². The number of nitrogens with one attached hydrogen (secondary N) is 3. The van der Waals surface area contributed by atoms with Gasteiger partial charge in [0.1, 0.15) is 12.6 Å². The third-order valence-corrected chi connectivity index (χ3v) is 11.4. The number of amides is 5. The summed E-state index contributed by atoms with van der Waals surface area (Å²) in [6, 6.07) is 17.7. The quantitative estimate of drug-likeness (QED) is 0.106. The lowest BCUT2D eigenvalue weighted by molar-refractivity contribution is -0.135. The summed E-state index contributed by atoms with van der Waals surface area (Å²) in [7, 11) is 1.66. The summed E-state index contributed by atoms with van der Waals surface area (Å²) in [5.41, 5.74) is 4.55. The fourth-order valence-electron chi connectivity index (χ4n) is 6.35. The van der Waals surface area contributed by atoms with Crippen molar-refractivity contribution in [3.63, 3.8) is 0 Å². The van der Waals surface area contributed by atoms with Crippen molar-refractivity contribution >= 4 is 46.6 Å². The van der Waals surface area contributed by atoms with Gasteiger partial charge in [-0.25, -0.2) is 14.6 Å². The number of urea groups is 1. The molecule has 5 amide bonds. The first-order valence-corrected chi connectivity index (χ1v) is 20.9. The largest absolute Gasteiger partial charge is 0.444 e. The van der Waals surface area contributed by atoms with Gasteiger partial charge in [0.2, 0.25) is 11.8 Å². The first-order chi connectivity index (χ1) is 27.1. The second-order valence-corrected chi connectivity index (χ2v) is 16.1. The highest BCUT2D eigenvalue weighted by Gasteiger charge is 2.28. The van der Waals surface area contributed by atoms with Crippen molar-refractivity contribution < 1.29 is 28.7 Å². The molecule has 0 bridgehead atoms. The number of hydrogen-bond acceptors (Lipinski definition) is 10. The van der Waals surface area contributed by atoms with E-state index in [9.17, 15) is 19.2 Å². The minimum Gasteiger partial charge on any atom is -0.444 e. The predicted octanol–water partition coefficient (Wildman–Crippen LogP) is 5.92. The standard InChI is InChI=1S/C41H53N7O6S2/c1-29(2)39-44-34(27-55-39)25-47(3)40(51)46-36(16-17-37(49)48-18-20-53-21-19-48)38(50)43-32(22-30-10-6-4-7-11-30)14-15-33(23-31-12-8-5-9-13-31)45-41(52)54-26-35-24-42-28-56-35/h4-13,24,27-29,32-33,36H,14-23,25-26H2,1-3H3,(H,43,50)(H,45,52)(H,46,51)/t32-,33-,36+/m1/s1. The molecular weight excluding hydrogens is 751 g/mol. The van der Waals surface area contributed by atoms with E-state index in [4.69, 9.17) is 9.47 Å². The van der Waals surface area contributed by atoms with Gasteiger partial charge in [0, 0.05) is 56.1 Å². The maximum Gasteiger partial charge on any atom is 0.407 e. The van der Waals surface area contributed by atoms with Crippen LogP contribution in [0.4, 0.5) is 9.59 Å². The van der Waals surface area contributed by atoms with Crippen LogP contribution in [0.15, 0.2) is 77.8 Å². The molecule has 0 radical (unpaired) electrons. The summed E-state index contributed by atoms with van der Waals surface area (Å²) in [5.74, 6) is -0.189. The van der Waals surface area contributed by atoms with Crippen molar-refractivity contribution in [1.29, 1.82) is 0 Å². The lowest BCUT2D eigenvalue weighted by Gasteiger charge is -2.29. The molecule has 1 aliphatic rings. The predicted molar refractivity (Wildman–Crippen MR) is 217 cm³/mol. The number of thiazole rings is 2. The highest BCUT2D eigenvalue weighted by atomic mass is 32.1. The van der Waals surface area contributed by atoms with Crippen LogP contribution in [-0.4, -0.2) is 95.2 Å². The van der Waals surface area contributed by atoms with E-state index in [2.05, 4.69) is 39.8 Å². The van der Waals surface area contributed by atoms with Crippen molar-refractivity contribution in [3.05, 3.63) is 104 Å². The van der Waals surface area contributed by atoms with E-state index in [0.717, 1.165) is 26.7 Å². The Morgan fingerprint density at radius 2 is 1.52 bits per heavy atom. The van der Waals surface area contributed by atoms with E-state index in [1.165, 1.54) is 16.2 Å². The molecule has 3 N–H and O–H groups in total. The van der Waals surface area contributed by atoms with Crippen molar-refractivity contribution in [3.8, 4) is 0 Å². The lowest BCUT2D eigenvalue weighted by Crippen LogP contribution is -2.53. The molecule has 1 aliphatic heterocycles. The van der Waals surface area contributed by atoms with Gasteiger partial charge in [-0.3, -0.25) is 14.6 Å². The molecule has 15 heteroatoms. The smallest absolute Gasteiger partial charge is 0.407 e. The van der Waals surface area contributed by atoms with Gasteiger partial charge in [-0.05, 0) is 43.2 Å². The molecule has 1 fully saturated rings. The molecule has 1 saturated heterocycles. The summed E-state index contributed by atoms with van der Waals surface area (Å²) in [6.45, 7) is 6.47.